The minimum Gasteiger partial charge on any atom is -0.512 e. The summed E-state index contributed by atoms with van der Waals surface area (Å²) in [5, 5.41) is 9.42. The lowest BCUT2D eigenvalue weighted by Crippen LogP contribution is -1.88. The molecular weight excluding hydrogens is 176 g/mol. The first kappa shape index (κ1) is 11.3. The van der Waals surface area contributed by atoms with Gasteiger partial charge in [0.15, 0.2) is 0 Å². The maximum atomic E-state index is 11.0. The van der Waals surface area contributed by atoms with Crippen LogP contribution in [0.3, 0.4) is 0 Å². The van der Waals surface area contributed by atoms with E-state index < -0.39 is 0 Å². The van der Waals surface area contributed by atoms with E-state index in [0.29, 0.717) is 12.2 Å². The second kappa shape index (κ2) is 5.84. The molecule has 14 heavy (non-hydrogen) atoms. The van der Waals surface area contributed by atoms with Crippen molar-refractivity contribution in [1.29, 1.82) is 0 Å². The Labute approximate surface area is 86.0 Å². The Kier molecular flexibility index (Phi) is 4.71. The molecule has 0 saturated heterocycles. The first-order valence-corrected chi connectivity index (χ1v) is 5.65. The van der Waals surface area contributed by atoms with E-state index in [2.05, 4.69) is 6.92 Å². The van der Waals surface area contributed by atoms with Crippen LogP contribution in [-0.4, -0.2) is 10.9 Å². The van der Waals surface area contributed by atoms with Crippen LogP contribution in [0.25, 0.3) is 0 Å². The van der Waals surface area contributed by atoms with Crippen LogP contribution >= 0.6 is 0 Å². The van der Waals surface area contributed by atoms with E-state index >= 15 is 0 Å². The molecule has 0 aromatic heterocycles. The molecule has 1 aliphatic rings. The smallest absolute Gasteiger partial charge is 0.144 e. The van der Waals surface area contributed by atoms with Crippen LogP contribution in [0.1, 0.15) is 58.3 Å². The van der Waals surface area contributed by atoms with Crippen molar-refractivity contribution in [2.75, 3.05) is 0 Å². The predicted molar refractivity (Wildman–Crippen MR) is 57.3 cm³/mol. The summed E-state index contributed by atoms with van der Waals surface area (Å²) >= 11 is 0. The van der Waals surface area contributed by atoms with Crippen LogP contribution in [-0.2, 0) is 4.79 Å². The lowest BCUT2D eigenvalue weighted by molar-refractivity contribution is -0.117. The van der Waals surface area contributed by atoms with Gasteiger partial charge in [-0.15, -0.1) is 0 Å². The fraction of sp³-hybridized carbons (Fsp3) is 0.750. The Bertz CT molecular complexity index is 228. The minimum atomic E-state index is 0.172. The maximum absolute atomic E-state index is 11.0. The normalized spacial score (nSPS) is 16.8. The molecule has 0 heterocycles. The number of aliphatic hydroxyl groups excluding tert-OH is 1. The van der Waals surface area contributed by atoms with Crippen molar-refractivity contribution < 1.29 is 9.90 Å². The summed E-state index contributed by atoms with van der Waals surface area (Å²) in [5.41, 5.74) is 0.992. The van der Waals surface area contributed by atoms with Gasteiger partial charge in [0.2, 0.25) is 0 Å². The predicted octanol–water partition coefficient (Wildman–Crippen LogP) is 3.52. The van der Waals surface area contributed by atoms with Gasteiger partial charge in [-0.2, -0.15) is 0 Å². The first-order chi connectivity index (χ1) is 6.74. The molecule has 0 bridgehead atoms. The summed E-state index contributed by atoms with van der Waals surface area (Å²) in [4.78, 5) is 11.0. The second-order valence-corrected chi connectivity index (χ2v) is 4.11. The Morgan fingerprint density at radius 3 is 2.43 bits per heavy atom. The summed E-state index contributed by atoms with van der Waals surface area (Å²) in [6, 6.07) is 0. The highest BCUT2D eigenvalue weighted by molar-refractivity contribution is 5.86. The molecule has 1 rings (SSSR count). The molecular formula is C12H20O2. The van der Waals surface area contributed by atoms with Gasteiger partial charge in [0.25, 0.3) is 0 Å². The Morgan fingerprint density at radius 1 is 1.14 bits per heavy atom. The lowest BCUT2D eigenvalue weighted by atomic mass is 10.1. The van der Waals surface area contributed by atoms with Crippen molar-refractivity contribution in [3.05, 3.63) is 11.3 Å². The van der Waals surface area contributed by atoms with Gasteiger partial charge in [-0.1, -0.05) is 32.6 Å². The van der Waals surface area contributed by atoms with Gasteiger partial charge in [0.1, 0.15) is 5.78 Å². The third-order valence-electron chi connectivity index (χ3n) is 2.77. The standard InChI is InChI=1S/C12H20O2/c1-2-3-4-5-6-7-10-8-11(13)9-12(10)14/h14H,2-9H2,1H3. The molecule has 2 nitrogen and oxygen atoms in total. The lowest BCUT2D eigenvalue weighted by Gasteiger charge is -2.01. The molecule has 0 atom stereocenters. The molecule has 1 aliphatic carbocycles. The van der Waals surface area contributed by atoms with Gasteiger partial charge < -0.3 is 5.11 Å². The fourth-order valence-corrected chi connectivity index (χ4v) is 1.89. The molecule has 1 N–H and O–H groups in total. The summed E-state index contributed by atoms with van der Waals surface area (Å²) in [5.74, 6) is 0.525. The zero-order valence-corrected chi connectivity index (χ0v) is 9.01. The van der Waals surface area contributed by atoms with Crippen LogP contribution in [0.4, 0.5) is 0 Å². The Hall–Kier alpha value is -0.790. The summed E-state index contributed by atoms with van der Waals surface area (Å²) in [6.45, 7) is 2.20. The number of allylic oxidation sites excluding steroid dienone is 2. The highest BCUT2D eigenvalue weighted by atomic mass is 16.3. The fourth-order valence-electron chi connectivity index (χ4n) is 1.89. The molecule has 0 unspecified atom stereocenters. The molecule has 2 heteroatoms. The number of rotatable bonds is 6. The Balaban J connectivity index is 2.12. The third-order valence-corrected chi connectivity index (χ3v) is 2.77. The molecule has 0 aliphatic heterocycles. The van der Waals surface area contributed by atoms with E-state index in [1.54, 1.807) is 0 Å². The van der Waals surface area contributed by atoms with Crippen molar-refractivity contribution in [2.24, 2.45) is 0 Å². The van der Waals surface area contributed by atoms with Crippen LogP contribution in [0.15, 0.2) is 11.3 Å². The molecule has 0 aromatic carbocycles. The van der Waals surface area contributed by atoms with Gasteiger partial charge in [-0.05, 0) is 18.4 Å². The summed E-state index contributed by atoms with van der Waals surface area (Å²) in [6.07, 6.45) is 7.87. The summed E-state index contributed by atoms with van der Waals surface area (Å²) < 4.78 is 0. The molecule has 80 valence electrons. The SMILES string of the molecule is CCCCCCCC1=C(O)CC(=O)C1. The molecule has 0 radical (unpaired) electrons. The number of aliphatic hydroxyl groups is 1. The summed E-state index contributed by atoms with van der Waals surface area (Å²) in [7, 11) is 0. The number of carbonyl (C=O) groups excluding carboxylic acids is 1. The maximum Gasteiger partial charge on any atom is 0.144 e. The van der Waals surface area contributed by atoms with E-state index in [9.17, 15) is 9.90 Å². The van der Waals surface area contributed by atoms with E-state index in [-0.39, 0.29) is 12.2 Å². The van der Waals surface area contributed by atoms with Gasteiger partial charge in [0.05, 0.1) is 12.2 Å². The van der Waals surface area contributed by atoms with Gasteiger partial charge in [-0.3, -0.25) is 4.79 Å². The average Bonchev–Trinajstić information content (AvgIpc) is 2.45. The molecule has 0 fully saturated rings. The number of hydrogen-bond donors (Lipinski definition) is 1. The van der Waals surface area contributed by atoms with E-state index in [0.717, 1.165) is 18.4 Å². The highest BCUT2D eigenvalue weighted by Crippen LogP contribution is 2.25. The largest absolute Gasteiger partial charge is 0.512 e. The Morgan fingerprint density at radius 2 is 1.86 bits per heavy atom. The number of Topliss-reactive ketones (excluding diaryl/α,β-unsaturated/α-hetero) is 1. The molecule has 0 amide bonds. The van der Waals surface area contributed by atoms with E-state index in [4.69, 9.17) is 0 Å². The van der Waals surface area contributed by atoms with Gasteiger partial charge >= 0.3 is 0 Å². The quantitative estimate of drug-likeness (QED) is 0.660. The number of hydrogen-bond acceptors (Lipinski definition) is 2. The highest BCUT2D eigenvalue weighted by Gasteiger charge is 2.19. The monoisotopic (exact) mass is 196 g/mol. The molecule has 0 aromatic rings. The first-order valence-electron chi connectivity index (χ1n) is 5.65. The van der Waals surface area contributed by atoms with Crippen molar-refractivity contribution in [3.8, 4) is 0 Å². The van der Waals surface area contributed by atoms with Gasteiger partial charge in [-0.25, -0.2) is 0 Å². The van der Waals surface area contributed by atoms with Crippen LogP contribution in [0.5, 0.6) is 0 Å². The number of unbranched alkanes of at least 4 members (excludes halogenated alkanes) is 4. The topological polar surface area (TPSA) is 37.3 Å². The van der Waals surface area contributed by atoms with Gasteiger partial charge in [0, 0.05) is 6.42 Å². The van der Waals surface area contributed by atoms with E-state index in [1.807, 2.05) is 0 Å². The second-order valence-electron chi connectivity index (χ2n) is 4.11. The number of carbonyl (C=O) groups is 1. The minimum absolute atomic E-state index is 0.172. The van der Waals surface area contributed by atoms with Crippen molar-refractivity contribution in [3.63, 3.8) is 0 Å². The third kappa shape index (κ3) is 3.52. The van der Waals surface area contributed by atoms with E-state index in [1.165, 1.54) is 25.7 Å². The zero-order valence-electron chi connectivity index (χ0n) is 9.01. The average molecular weight is 196 g/mol. The zero-order chi connectivity index (χ0) is 10.4. The van der Waals surface area contributed by atoms with Crippen LogP contribution in [0.2, 0.25) is 0 Å². The number of ketones is 1. The van der Waals surface area contributed by atoms with Crippen LogP contribution in [0, 0.1) is 0 Å². The van der Waals surface area contributed by atoms with Crippen molar-refractivity contribution >= 4 is 5.78 Å². The van der Waals surface area contributed by atoms with Crippen LogP contribution < -0.4 is 0 Å². The molecule has 0 saturated carbocycles. The van der Waals surface area contributed by atoms with Crippen molar-refractivity contribution in [1.82, 2.24) is 0 Å². The molecule has 0 spiro atoms. The van der Waals surface area contributed by atoms with Crippen molar-refractivity contribution in [2.45, 2.75) is 58.3 Å².